The largest absolute Gasteiger partial charge is 0.457 e. The van der Waals surface area contributed by atoms with Crippen molar-refractivity contribution in [2.45, 2.75) is 25.4 Å². The third kappa shape index (κ3) is 4.30. The second-order valence-corrected chi connectivity index (χ2v) is 9.53. The van der Waals surface area contributed by atoms with E-state index in [4.69, 9.17) is 32.7 Å². The standard InChI is InChI=1S/C24H24Cl2N2O6/c25-21-15(3-1-13-17(21)11-33-23(13)31)19(29)9-27-5-7-28(8-6-27)10-20(30)16-4-2-14-18(22(16)26)12-34-24(14)32/h1-4,19-20,29-30H,5-12H2. The van der Waals surface area contributed by atoms with Gasteiger partial charge in [-0.05, 0) is 12.1 Å². The molecule has 3 heterocycles. The number of cyclic esters (lactones) is 2. The molecule has 2 N–H and O–H groups in total. The van der Waals surface area contributed by atoms with Crippen LogP contribution in [0.2, 0.25) is 10.0 Å². The average Bonchev–Trinajstić information content (AvgIpc) is 3.39. The Bertz CT molecular complexity index is 1060. The summed E-state index contributed by atoms with van der Waals surface area (Å²) < 4.78 is 10.1. The molecule has 3 aliphatic heterocycles. The molecule has 10 heteroatoms. The monoisotopic (exact) mass is 506 g/mol. The van der Waals surface area contributed by atoms with Crippen molar-refractivity contribution in [3.63, 3.8) is 0 Å². The number of carbonyl (C=O) groups excluding carboxylic acids is 2. The maximum absolute atomic E-state index is 11.7. The van der Waals surface area contributed by atoms with Gasteiger partial charge in [-0.2, -0.15) is 0 Å². The molecule has 3 aliphatic rings. The first-order valence-corrected chi connectivity index (χ1v) is 11.9. The van der Waals surface area contributed by atoms with Crippen LogP contribution in [-0.2, 0) is 22.7 Å². The van der Waals surface area contributed by atoms with Gasteiger partial charge in [0.25, 0.3) is 0 Å². The van der Waals surface area contributed by atoms with E-state index >= 15 is 0 Å². The molecule has 1 saturated heterocycles. The lowest BCUT2D eigenvalue weighted by molar-refractivity contribution is 0.0482. The first kappa shape index (κ1) is 23.5. The molecule has 34 heavy (non-hydrogen) atoms. The minimum atomic E-state index is -0.791. The lowest BCUT2D eigenvalue weighted by atomic mass is 10.0. The van der Waals surface area contributed by atoms with Crippen molar-refractivity contribution >= 4 is 35.1 Å². The van der Waals surface area contributed by atoms with Crippen molar-refractivity contribution in [3.05, 3.63) is 67.7 Å². The van der Waals surface area contributed by atoms with E-state index in [0.29, 0.717) is 82.7 Å². The normalized spacial score (nSPS) is 20.0. The van der Waals surface area contributed by atoms with Gasteiger partial charge in [-0.25, -0.2) is 9.59 Å². The third-order valence-corrected chi connectivity index (χ3v) is 7.62. The summed E-state index contributed by atoms with van der Waals surface area (Å²) in [7, 11) is 0. The molecule has 0 aromatic heterocycles. The van der Waals surface area contributed by atoms with Gasteiger partial charge in [0.1, 0.15) is 13.2 Å². The van der Waals surface area contributed by atoms with Crippen molar-refractivity contribution in [1.82, 2.24) is 9.80 Å². The summed E-state index contributed by atoms with van der Waals surface area (Å²) in [6, 6.07) is 6.68. The van der Waals surface area contributed by atoms with Gasteiger partial charge in [0.05, 0.1) is 33.4 Å². The van der Waals surface area contributed by atoms with Crippen LogP contribution in [0.3, 0.4) is 0 Å². The summed E-state index contributed by atoms with van der Waals surface area (Å²) in [5, 5.41) is 22.3. The molecule has 2 atom stereocenters. The number of aliphatic hydroxyl groups is 2. The van der Waals surface area contributed by atoms with Gasteiger partial charge in [0.2, 0.25) is 0 Å². The summed E-state index contributed by atoms with van der Waals surface area (Å²) in [5.74, 6) is -0.779. The number of carbonyl (C=O) groups is 2. The number of piperazine rings is 1. The molecule has 0 spiro atoms. The molecule has 5 rings (SSSR count). The topological polar surface area (TPSA) is 99.5 Å². The number of hydrogen-bond donors (Lipinski definition) is 2. The first-order valence-electron chi connectivity index (χ1n) is 11.1. The smallest absolute Gasteiger partial charge is 0.338 e. The number of esters is 2. The fraction of sp³-hybridized carbons (Fsp3) is 0.417. The van der Waals surface area contributed by atoms with E-state index < -0.39 is 12.2 Å². The zero-order chi connectivity index (χ0) is 24.0. The number of benzene rings is 2. The molecule has 0 saturated carbocycles. The molecule has 2 unspecified atom stereocenters. The molecule has 2 aromatic carbocycles. The van der Waals surface area contributed by atoms with Crippen molar-refractivity contribution in [2.75, 3.05) is 39.3 Å². The highest BCUT2D eigenvalue weighted by atomic mass is 35.5. The Kier molecular flexibility index (Phi) is 6.54. The van der Waals surface area contributed by atoms with E-state index in [2.05, 4.69) is 9.80 Å². The van der Waals surface area contributed by atoms with E-state index in [1.807, 2.05) is 0 Å². The van der Waals surface area contributed by atoms with Crippen LogP contribution in [0.15, 0.2) is 24.3 Å². The van der Waals surface area contributed by atoms with Crippen LogP contribution < -0.4 is 0 Å². The number of β-amino-alcohol motifs (C(OH)–C–C–N with tert-alkyl or cyclic N) is 2. The molecule has 0 radical (unpaired) electrons. The Hall–Kier alpha value is -2.20. The van der Waals surface area contributed by atoms with Gasteiger partial charge in [0, 0.05) is 61.5 Å². The Morgan fingerprint density at radius 1 is 0.735 bits per heavy atom. The molecular weight excluding hydrogens is 483 g/mol. The van der Waals surface area contributed by atoms with Crippen LogP contribution in [0.1, 0.15) is 55.2 Å². The third-order valence-electron chi connectivity index (χ3n) is 6.73. The fourth-order valence-corrected chi connectivity index (χ4v) is 5.42. The van der Waals surface area contributed by atoms with E-state index in [1.165, 1.54) is 0 Å². The molecule has 1 fully saturated rings. The second kappa shape index (κ2) is 9.45. The number of ether oxygens (including phenoxy) is 2. The lowest BCUT2D eigenvalue weighted by Gasteiger charge is -2.36. The summed E-state index contributed by atoms with van der Waals surface area (Å²) in [4.78, 5) is 27.7. The molecule has 8 nitrogen and oxygen atoms in total. The van der Waals surface area contributed by atoms with Crippen LogP contribution in [0.4, 0.5) is 0 Å². The van der Waals surface area contributed by atoms with Crippen molar-refractivity contribution in [1.29, 1.82) is 0 Å². The van der Waals surface area contributed by atoms with E-state index in [0.717, 1.165) is 0 Å². The Morgan fingerprint density at radius 3 is 1.50 bits per heavy atom. The predicted octanol–water partition coefficient (Wildman–Crippen LogP) is 2.72. The van der Waals surface area contributed by atoms with Crippen LogP contribution >= 0.6 is 23.2 Å². The number of rotatable bonds is 6. The van der Waals surface area contributed by atoms with Crippen LogP contribution in [0, 0.1) is 0 Å². The quantitative estimate of drug-likeness (QED) is 0.576. The van der Waals surface area contributed by atoms with E-state index in [1.54, 1.807) is 24.3 Å². The maximum Gasteiger partial charge on any atom is 0.338 e. The number of fused-ring (bicyclic) bond motifs is 2. The minimum absolute atomic E-state index is 0.131. The van der Waals surface area contributed by atoms with Gasteiger partial charge >= 0.3 is 11.9 Å². The zero-order valence-corrected chi connectivity index (χ0v) is 19.8. The zero-order valence-electron chi connectivity index (χ0n) is 18.3. The molecule has 180 valence electrons. The fourth-order valence-electron chi connectivity index (χ4n) is 4.73. The first-order chi connectivity index (χ1) is 16.3. The molecule has 2 aromatic rings. The van der Waals surface area contributed by atoms with Gasteiger partial charge in [-0.1, -0.05) is 35.3 Å². The summed E-state index contributed by atoms with van der Waals surface area (Å²) in [6.07, 6.45) is -1.58. The summed E-state index contributed by atoms with van der Waals surface area (Å²) >= 11 is 12.9. The van der Waals surface area contributed by atoms with Crippen molar-refractivity contribution in [3.8, 4) is 0 Å². The maximum atomic E-state index is 11.7. The summed E-state index contributed by atoms with van der Waals surface area (Å²) in [5.41, 5.74) is 3.34. The van der Waals surface area contributed by atoms with E-state index in [-0.39, 0.29) is 25.2 Å². The van der Waals surface area contributed by atoms with E-state index in [9.17, 15) is 19.8 Å². The molecular formula is C24H24Cl2N2O6. The Balaban J connectivity index is 1.16. The number of hydrogen-bond acceptors (Lipinski definition) is 8. The highest BCUT2D eigenvalue weighted by Gasteiger charge is 2.30. The van der Waals surface area contributed by atoms with Crippen LogP contribution in [0.5, 0.6) is 0 Å². The number of nitrogens with zero attached hydrogens (tertiary/aromatic N) is 2. The molecule has 0 amide bonds. The van der Waals surface area contributed by atoms with Crippen molar-refractivity contribution < 1.29 is 29.3 Å². The van der Waals surface area contributed by atoms with Crippen LogP contribution in [0.25, 0.3) is 0 Å². The van der Waals surface area contributed by atoms with Crippen LogP contribution in [-0.4, -0.2) is 71.2 Å². The van der Waals surface area contributed by atoms with Gasteiger partial charge in [-0.3, -0.25) is 9.80 Å². The lowest BCUT2D eigenvalue weighted by Crippen LogP contribution is -2.48. The minimum Gasteiger partial charge on any atom is -0.457 e. The highest BCUT2D eigenvalue weighted by molar-refractivity contribution is 6.33. The highest BCUT2D eigenvalue weighted by Crippen LogP contribution is 2.35. The average molecular weight is 507 g/mol. The second-order valence-electron chi connectivity index (χ2n) is 8.77. The SMILES string of the molecule is O=C1OCc2c1ccc(C(O)CN1CCN(CC(O)c3ccc4c(c3Cl)COC4=O)CC1)c2Cl. The summed E-state index contributed by atoms with van der Waals surface area (Å²) in [6.45, 7) is 3.95. The van der Waals surface area contributed by atoms with Gasteiger partial charge in [0.15, 0.2) is 0 Å². The van der Waals surface area contributed by atoms with Gasteiger partial charge < -0.3 is 19.7 Å². The Morgan fingerprint density at radius 2 is 1.12 bits per heavy atom. The number of halogens is 2. The predicted molar refractivity (Wildman–Crippen MR) is 124 cm³/mol. The molecule has 0 bridgehead atoms. The molecule has 0 aliphatic carbocycles. The number of aliphatic hydroxyl groups excluding tert-OH is 2. The van der Waals surface area contributed by atoms with Crippen molar-refractivity contribution in [2.24, 2.45) is 0 Å². The Labute approximate surface area is 206 Å². The van der Waals surface area contributed by atoms with Gasteiger partial charge in [-0.15, -0.1) is 0 Å².